The fraction of sp³-hybridized carbons (Fsp3) is 0.500. The predicted molar refractivity (Wildman–Crippen MR) is 113 cm³/mol. The Kier molecular flexibility index (Phi) is 6.67. The summed E-state index contributed by atoms with van der Waals surface area (Å²) in [5, 5.41) is 5.64. The van der Waals surface area contributed by atoms with Crippen molar-refractivity contribution in [2.45, 2.75) is 50.4 Å². The summed E-state index contributed by atoms with van der Waals surface area (Å²) in [4.78, 5) is 29.7. The third-order valence-corrected chi connectivity index (χ3v) is 5.83. The quantitative estimate of drug-likeness (QED) is 0.520. The topological polar surface area (TPSA) is 73.8 Å². The lowest BCUT2D eigenvalue weighted by atomic mass is 9.63. The van der Waals surface area contributed by atoms with Crippen molar-refractivity contribution in [1.82, 2.24) is 10.6 Å². The van der Waals surface area contributed by atoms with E-state index in [0.717, 1.165) is 43.4 Å². The fourth-order valence-corrected chi connectivity index (χ4v) is 4.00. The van der Waals surface area contributed by atoms with Crippen LogP contribution in [0.25, 0.3) is 0 Å². The summed E-state index contributed by atoms with van der Waals surface area (Å²) >= 11 is 0. The van der Waals surface area contributed by atoms with Crippen molar-refractivity contribution in [2.24, 2.45) is 4.99 Å². The molecule has 0 unspecified atom stereocenters. The molecule has 1 fully saturated rings. The summed E-state index contributed by atoms with van der Waals surface area (Å²) in [6.07, 6.45) is 6.83. The van der Waals surface area contributed by atoms with Crippen molar-refractivity contribution in [3.63, 3.8) is 0 Å². The van der Waals surface area contributed by atoms with E-state index in [1.165, 1.54) is 11.8 Å². The van der Waals surface area contributed by atoms with E-state index in [1.54, 1.807) is 0 Å². The van der Waals surface area contributed by atoms with Crippen LogP contribution in [0.4, 0.5) is 10.1 Å². The number of aryl methyl sites for hydroxylation is 1. The zero-order valence-corrected chi connectivity index (χ0v) is 17.1. The monoisotopic (exact) mass is 400 g/mol. The van der Waals surface area contributed by atoms with Crippen molar-refractivity contribution in [3.05, 3.63) is 41.4 Å². The molecule has 0 saturated heterocycles. The van der Waals surface area contributed by atoms with Gasteiger partial charge in [-0.05, 0) is 42.9 Å². The Labute approximate surface area is 171 Å². The summed E-state index contributed by atoms with van der Waals surface area (Å²) in [5.74, 6) is 0.228. The molecule has 0 bridgehead atoms. The van der Waals surface area contributed by atoms with Crippen molar-refractivity contribution in [2.75, 3.05) is 25.5 Å². The van der Waals surface area contributed by atoms with Gasteiger partial charge in [-0.1, -0.05) is 18.6 Å². The van der Waals surface area contributed by atoms with Crippen molar-refractivity contribution >= 4 is 23.8 Å². The van der Waals surface area contributed by atoms with Gasteiger partial charge >= 0.3 is 0 Å². The average Bonchev–Trinajstić information content (AvgIpc) is 2.66. The lowest BCUT2D eigenvalue weighted by molar-refractivity contribution is -0.128. The molecule has 1 aromatic rings. The standard InChI is InChI=1S/C22H29FN4O2/c1-27(2)19-8-6-17(13-16(19)5-3-12-24-15-28)22(10-4-11-22)21(29)26-20-9-7-18(23)14-25-20/h6,8,13-15H,3-5,7,9-12H2,1-2H3,(H,24,28)(H,25,26,29). The molecule has 2 N–H and O–H groups in total. The Morgan fingerprint density at radius 2 is 2.10 bits per heavy atom. The largest absolute Gasteiger partial charge is 0.377 e. The molecule has 2 amide bonds. The van der Waals surface area contributed by atoms with Crippen LogP contribution in [0.15, 0.2) is 35.2 Å². The molecule has 7 heteroatoms. The summed E-state index contributed by atoms with van der Waals surface area (Å²) in [7, 11) is 4.00. The first kappa shape index (κ1) is 21.0. The maximum atomic E-state index is 13.2. The third kappa shape index (κ3) is 4.66. The van der Waals surface area contributed by atoms with Crippen LogP contribution in [0.2, 0.25) is 0 Å². The average molecular weight is 400 g/mol. The number of nitrogens with zero attached hydrogens (tertiary/aromatic N) is 2. The highest BCUT2D eigenvalue weighted by Crippen LogP contribution is 2.45. The second kappa shape index (κ2) is 9.20. The van der Waals surface area contributed by atoms with Crippen molar-refractivity contribution in [1.29, 1.82) is 0 Å². The van der Waals surface area contributed by atoms with Gasteiger partial charge in [-0.15, -0.1) is 0 Å². The van der Waals surface area contributed by atoms with Crippen LogP contribution in [0.5, 0.6) is 0 Å². The van der Waals surface area contributed by atoms with Crippen LogP contribution in [0.1, 0.15) is 49.7 Å². The molecule has 0 spiro atoms. The minimum atomic E-state index is -0.553. The number of carbonyl (C=O) groups excluding carboxylic acids is 2. The van der Waals surface area contributed by atoms with Gasteiger partial charge in [-0.3, -0.25) is 9.59 Å². The number of anilines is 1. The van der Waals surface area contributed by atoms with Crippen LogP contribution < -0.4 is 15.5 Å². The second-order valence-electron chi connectivity index (χ2n) is 7.95. The molecule has 0 radical (unpaired) electrons. The van der Waals surface area contributed by atoms with Crippen LogP contribution in [-0.4, -0.2) is 38.8 Å². The first-order chi connectivity index (χ1) is 14.0. The molecule has 0 aromatic heterocycles. The molecule has 1 aromatic carbocycles. The van der Waals surface area contributed by atoms with Gasteiger partial charge in [0.1, 0.15) is 11.7 Å². The summed E-state index contributed by atoms with van der Waals surface area (Å²) < 4.78 is 13.2. The van der Waals surface area contributed by atoms with E-state index in [1.807, 2.05) is 20.2 Å². The number of rotatable bonds is 8. The number of nitrogens with one attached hydrogen (secondary N) is 2. The van der Waals surface area contributed by atoms with E-state index < -0.39 is 5.41 Å². The van der Waals surface area contributed by atoms with E-state index in [-0.39, 0.29) is 18.2 Å². The normalized spacial score (nSPS) is 17.5. The van der Waals surface area contributed by atoms with Crippen LogP contribution in [0.3, 0.4) is 0 Å². The molecule has 1 heterocycles. The highest BCUT2D eigenvalue weighted by atomic mass is 19.1. The van der Waals surface area contributed by atoms with E-state index in [0.29, 0.717) is 25.2 Å². The Bertz CT molecular complexity index is 828. The molecule has 1 saturated carbocycles. The van der Waals surface area contributed by atoms with Gasteiger partial charge in [0.05, 0.1) is 11.6 Å². The zero-order chi connectivity index (χ0) is 20.9. The van der Waals surface area contributed by atoms with Gasteiger partial charge in [0.2, 0.25) is 12.3 Å². The molecule has 2 aliphatic rings. The Morgan fingerprint density at radius 1 is 1.31 bits per heavy atom. The molecule has 29 heavy (non-hydrogen) atoms. The third-order valence-electron chi connectivity index (χ3n) is 5.83. The number of amidine groups is 1. The number of hydrogen-bond acceptors (Lipinski definition) is 4. The van der Waals surface area contributed by atoms with Gasteiger partial charge in [0, 0.05) is 39.2 Å². The van der Waals surface area contributed by atoms with Crippen LogP contribution in [-0.2, 0) is 21.4 Å². The number of carbonyl (C=O) groups is 2. The Morgan fingerprint density at radius 3 is 2.69 bits per heavy atom. The van der Waals surface area contributed by atoms with E-state index in [9.17, 15) is 14.0 Å². The lowest BCUT2D eigenvalue weighted by Gasteiger charge is -2.41. The molecule has 3 rings (SSSR count). The van der Waals surface area contributed by atoms with E-state index in [2.05, 4.69) is 32.7 Å². The van der Waals surface area contributed by atoms with Crippen LogP contribution in [0, 0.1) is 0 Å². The molecule has 1 aliphatic heterocycles. The van der Waals surface area contributed by atoms with Gasteiger partial charge in [0.15, 0.2) is 0 Å². The van der Waals surface area contributed by atoms with Gasteiger partial charge in [-0.2, -0.15) is 0 Å². The molecule has 0 atom stereocenters. The summed E-state index contributed by atoms with van der Waals surface area (Å²) in [6.45, 7) is 0.621. The molecular weight excluding hydrogens is 371 g/mol. The highest BCUT2D eigenvalue weighted by Gasteiger charge is 2.46. The number of benzene rings is 1. The fourth-order valence-electron chi connectivity index (χ4n) is 4.00. The van der Waals surface area contributed by atoms with Gasteiger partial charge in [-0.25, -0.2) is 9.38 Å². The molecule has 6 nitrogen and oxygen atoms in total. The van der Waals surface area contributed by atoms with Gasteiger partial charge in [0.25, 0.3) is 0 Å². The van der Waals surface area contributed by atoms with Crippen LogP contribution >= 0.6 is 0 Å². The molecular formula is C22H29FN4O2. The lowest BCUT2D eigenvalue weighted by Crippen LogP contribution is -2.51. The Balaban J connectivity index is 1.82. The zero-order valence-electron chi connectivity index (χ0n) is 17.1. The maximum Gasteiger partial charge on any atom is 0.235 e. The van der Waals surface area contributed by atoms with E-state index >= 15 is 0 Å². The number of amides is 2. The smallest absolute Gasteiger partial charge is 0.235 e. The molecule has 156 valence electrons. The second-order valence-corrected chi connectivity index (χ2v) is 7.95. The van der Waals surface area contributed by atoms with Crippen molar-refractivity contribution in [3.8, 4) is 0 Å². The summed E-state index contributed by atoms with van der Waals surface area (Å²) in [6, 6.07) is 6.25. The predicted octanol–water partition coefficient (Wildman–Crippen LogP) is 2.97. The minimum Gasteiger partial charge on any atom is -0.377 e. The maximum absolute atomic E-state index is 13.2. The van der Waals surface area contributed by atoms with Crippen molar-refractivity contribution < 1.29 is 14.0 Å². The van der Waals surface area contributed by atoms with E-state index in [4.69, 9.17) is 0 Å². The first-order valence-corrected chi connectivity index (χ1v) is 10.2. The Hall–Kier alpha value is -2.70. The van der Waals surface area contributed by atoms with Gasteiger partial charge < -0.3 is 15.5 Å². The number of halogens is 1. The number of aliphatic imine (C=N–C) groups is 1. The SMILES string of the molecule is CN(C)c1ccc(C2(C(=O)NC3=NC=C(F)CC3)CCC2)cc1CCCNC=O. The molecule has 1 aliphatic carbocycles. The number of allylic oxidation sites excluding steroid dienone is 1. The minimum absolute atomic E-state index is 0.0515. The number of hydrogen-bond donors (Lipinski definition) is 2. The summed E-state index contributed by atoms with van der Waals surface area (Å²) in [5.41, 5.74) is 2.75. The first-order valence-electron chi connectivity index (χ1n) is 10.2. The highest BCUT2D eigenvalue weighted by molar-refractivity contribution is 6.03.